The first-order valence-corrected chi connectivity index (χ1v) is 8.88. The van der Waals surface area contributed by atoms with E-state index in [-0.39, 0.29) is 24.0 Å². The number of benzene rings is 1. The fourth-order valence-electron chi connectivity index (χ4n) is 3.18. The number of rotatable bonds is 6. The van der Waals surface area contributed by atoms with Crippen LogP contribution in [-0.2, 0) is 6.42 Å². The summed E-state index contributed by atoms with van der Waals surface area (Å²) < 4.78 is 0. The summed E-state index contributed by atoms with van der Waals surface area (Å²) >= 11 is 0. The van der Waals surface area contributed by atoms with E-state index in [4.69, 9.17) is 0 Å². The molecule has 1 aliphatic rings. The van der Waals surface area contributed by atoms with Crippen molar-refractivity contribution in [2.24, 2.45) is 5.92 Å². The minimum Gasteiger partial charge on any atom is -0.393 e. The Morgan fingerprint density at radius 3 is 2.60 bits per heavy atom. The highest BCUT2D eigenvalue weighted by Crippen LogP contribution is 2.31. The normalized spacial score (nSPS) is 20.8. The Morgan fingerprint density at radius 1 is 1.24 bits per heavy atom. The number of nitrogens with one attached hydrogen (secondary N) is 1. The number of carbonyl (C=O) groups is 1. The van der Waals surface area contributed by atoms with Gasteiger partial charge in [-0.05, 0) is 36.8 Å². The predicted molar refractivity (Wildman–Crippen MR) is 96.3 cm³/mol. The second-order valence-electron chi connectivity index (χ2n) is 7.11. The SMILES string of the molecule is CC(C)c1nccc(C(=O)NC(Cc2ccccc2)C2CC(O)C2)n1. The molecule has 25 heavy (non-hydrogen) atoms. The van der Waals surface area contributed by atoms with E-state index >= 15 is 0 Å². The van der Waals surface area contributed by atoms with E-state index < -0.39 is 0 Å². The maximum Gasteiger partial charge on any atom is 0.270 e. The number of nitrogens with zero attached hydrogens (tertiary/aromatic N) is 2. The minimum absolute atomic E-state index is 0.00392. The maximum absolute atomic E-state index is 12.7. The molecular weight excluding hydrogens is 314 g/mol. The molecule has 0 radical (unpaired) electrons. The standard InChI is InChI=1S/C20H25N3O2/c1-13(2)19-21-9-8-17(22-19)20(25)23-18(15-11-16(24)12-15)10-14-6-4-3-5-7-14/h3-9,13,15-16,18,24H,10-12H2,1-2H3,(H,23,25). The van der Waals surface area contributed by atoms with Gasteiger partial charge in [0.2, 0.25) is 0 Å². The lowest BCUT2D eigenvalue weighted by atomic mass is 9.75. The smallest absolute Gasteiger partial charge is 0.270 e. The third-order valence-electron chi connectivity index (χ3n) is 4.76. The molecule has 132 valence electrons. The van der Waals surface area contributed by atoms with E-state index in [0.717, 1.165) is 19.3 Å². The van der Waals surface area contributed by atoms with Gasteiger partial charge in [0.25, 0.3) is 5.91 Å². The lowest BCUT2D eigenvalue weighted by Crippen LogP contribution is -2.48. The van der Waals surface area contributed by atoms with E-state index in [1.165, 1.54) is 5.56 Å². The van der Waals surface area contributed by atoms with Crippen molar-refractivity contribution >= 4 is 5.91 Å². The Kier molecular flexibility index (Phi) is 5.43. The van der Waals surface area contributed by atoms with Crippen LogP contribution in [0.4, 0.5) is 0 Å². The molecule has 1 amide bonds. The van der Waals surface area contributed by atoms with Gasteiger partial charge in [0, 0.05) is 18.2 Å². The second-order valence-corrected chi connectivity index (χ2v) is 7.11. The lowest BCUT2D eigenvalue weighted by Gasteiger charge is -2.38. The Bertz CT molecular complexity index is 712. The van der Waals surface area contributed by atoms with Crippen LogP contribution >= 0.6 is 0 Å². The zero-order valence-corrected chi connectivity index (χ0v) is 14.7. The highest BCUT2D eigenvalue weighted by atomic mass is 16.3. The number of carbonyl (C=O) groups excluding carboxylic acids is 1. The average molecular weight is 339 g/mol. The molecule has 0 bridgehead atoms. The Hall–Kier alpha value is -2.27. The minimum atomic E-state index is -0.244. The summed E-state index contributed by atoms with van der Waals surface area (Å²) in [6.45, 7) is 4.01. The molecule has 1 aliphatic carbocycles. The maximum atomic E-state index is 12.7. The van der Waals surface area contributed by atoms with Gasteiger partial charge < -0.3 is 10.4 Å². The van der Waals surface area contributed by atoms with Gasteiger partial charge in [-0.15, -0.1) is 0 Å². The summed E-state index contributed by atoms with van der Waals surface area (Å²) in [4.78, 5) is 21.3. The molecule has 1 fully saturated rings. The van der Waals surface area contributed by atoms with Gasteiger partial charge in [-0.2, -0.15) is 0 Å². The van der Waals surface area contributed by atoms with Crippen LogP contribution in [0, 0.1) is 5.92 Å². The Labute approximate surface area is 148 Å². The number of aliphatic hydroxyl groups excluding tert-OH is 1. The zero-order valence-electron chi connectivity index (χ0n) is 14.7. The first kappa shape index (κ1) is 17.5. The van der Waals surface area contributed by atoms with Crippen LogP contribution in [-0.4, -0.2) is 33.1 Å². The van der Waals surface area contributed by atoms with Crippen molar-refractivity contribution in [3.8, 4) is 0 Å². The van der Waals surface area contributed by atoms with E-state index in [9.17, 15) is 9.90 Å². The molecular formula is C20H25N3O2. The lowest BCUT2D eigenvalue weighted by molar-refractivity contribution is 0.0238. The van der Waals surface area contributed by atoms with Crippen molar-refractivity contribution in [3.63, 3.8) is 0 Å². The molecule has 1 saturated carbocycles. The molecule has 0 aliphatic heterocycles. The Morgan fingerprint density at radius 2 is 1.96 bits per heavy atom. The van der Waals surface area contributed by atoms with E-state index in [1.807, 2.05) is 32.0 Å². The Balaban J connectivity index is 1.73. The number of aliphatic hydroxyl groups is 1. The van der Waals surface area contributed by atoms with Gasteiger partial charge in [0.15, 0.2) is 0 Å². The molecule has 0 saturated heterocycles. The van der Waals surface area contributed by atoms with Crippen LogP contribution in [0.2, 0.25) is 0 Å². The molecule has 1 aromatic carbocycles. The van der Waals surface area contributed by atoms with Crippen LogP contribution in [0.25, 0.3) is 0 Å². The number of hydrogen-bond donors (Lipinski definition) is 2. The molecule has 2 N–H and O–H groups in total. The monoisotopic (exact) mass is 339 g/mol. The topological polar surface area (TPSA) is 75.1 Å². The summed E-state index contributed by atoms with van der Waals surface area (Å²) in [5.41, 5.74) is 1.58. The van der Waals surface area contributed by atoms with Crippen molar-refractivity contribution in [1.82, 2.24) is 15.3 Å². The molecule has 2 aromatic rings. The predicted octanol–water partition coefficient (Wildman–Crippen LogP) is 2.71. The quantitative estimate of drug-likeness (QED) is 0.848. The molecule has 5 nitrogen and oxygen atoms in total. The third-order valence-corrected chi connectivity index (χ3v) is 4.76. The summed E-state index contributed by atoms with van der Waals surface area (Å²) in [7, 11) is 0. The van der Waals surface area contributed by atoms with E-state index in [2.05, 4.69) is 27.4 Å². The first-order valence-electron chi connectivity index (χ1n) is 8.88. The van der Waals surface area contributed by atoms with E-state index in [0.29, 0.717) is 17.4 Å². The van der Waals surface area contributed by atoms with Gasteiger partial charge in [0.1, 0.15) is 11.5 Å². The molecule has 1 heterocycles. The van der Waals surface area contributed by atoms with Crippen LogP contribution in [0.3, 0.4) is 0 Å². The van der Waals surface area contributed by atoms with Crippen molar-refractivity contribution in [1.29, 1.82) is 0 Å². The first-order chi connectivity index (χ1) is 12.0. The van der Waals surface area contributed by atoms with Gasteiger partial charge in [-0.25, -0.2) is 9.97 Å². The number of hydrogen-bond acceptors (Lipinski definition) is 4. The van der Waals surface area contributed by atoms with Crippen LogP contribution in [0.5, 0.6) is 0 Å². The van der Waals surface area contributed by atoms with Gasteiger partial charge in [-0.1, -0.05) is 44.2 Å². The molecule has 1 atom stereocenters. The van der Waals surface area contributed by atoms with Gasteiger partial charge in [-0.3, -0.25) is 4.79 Å². The van der Waals surface area contributed by atoms with Crippen LogP contribution in [0.1, 0.15) is 54.5 Å². The summed E-state index contributed by atoms with van der Waals surface area (Å²) in [5.74, 6) is 0.971. The number of amides is 1. The molecule has 3 rings (SSSR count). The van der Waals surface area contributed by atoms with Crippen LogP contribution < -0.4 is 5.32 Å². The van der Waals surface area contributed by atoms with Crippen LogP contribution in [0.15, 0.2) is 42.6 Å². The summed E-state index contributed by atoms with van der Waals surface area (Å²) in [5, 5.41) is 12.8. The fourth-order valence-corrected chi connectivity index (χ4v) is 3.18. The third kappa shape index (κ3) is 4.42. The zero-order chi connectivity index (χ0) is 17.8. The van der Waals surface area contributed by atoms with Gasteiger partial charge >= 0.3 is 0 Å². The van der Waals surface area contributed by atoms with Gasteiger partial charge in [0.05, 0.1) is 6.10 Å². The van der Waals surface area contributed by atoms with E-state index in [1.54, 1.807) is 12.3 Å². The summed E-state index contributed by atoms with van der Waals surface area (Å²) in [6.07, 6.45) is 3.62. The van der Waals surface area contributed by atoms with Crippen molar-refractivity contribution < 1.29 is 9.90 Å². The molecule has 1 aromatic heterocycles. The highest BCUT2D eigenvalue weighted by molar-refractivity contribution is 5.92. The van der Waals surface area contributed by atoms with Crippen molar-refractivity contribution in [3.05, 3.63) is 59.7 Å². The highest BCUT2D eigenvalue weighted by Gasteiger charge is 2.35. The molecule has 5 heteroatoms. The summed E-state index contributed by atoms with van der Waals surface area (Å²) in [6, 6.07) is 11.8. The van der Waals surface area contributed by atoms with Crippen molar-refractivity contribution in [2.45, 2.75) is 51.2 Å². The van der Waals surface area contributed by atoms with Crippen molar-refractivity contribution in [2.75, 3.05) is 0 Å². The molecule has 0 spiro atoms. The largest absolute Gasteiger partial charge is 0.393 e. The number of aromatic nitrogens is 2. The fraction of sp³-hybridized carbons (Fsp3) is 0.450. The average Bonchev–Trinajstić information content (AvgIpc) is 2.59. The molecule has 1 unspecified atom stereocenters. The second kappa shape index (κ2) is 7.74.